The standard InChI is InChI=1S/C11H11N3O2/c1-15-9-3-2-8(12)6-10(9)16-11-7-13-4-5-14-11/h2-7H,12H2,1H3. The van der Waals surface area contributed by atoms with Crippen molar-refractivity contribution in [2.24, 2.45) is 0 Å². The van der Waals surface area contributed by atoms with Crippen LogP contribution in [0.3, 0.4) is 0 Å². The van der Waals surface area contributed by atoms with E-state index in [2.05, 4.69) is 9.97 Å². The zero-order valence-electron chi connectivity index (χ0n) is 8.75. The minimum Gasteiger partial charge on any atom is -0.493 e. The van der Waals surface area contributed by atoms with Crippen LogP contribution in [0.15, 0.2) is 36.8 Å². The molecular weight excluding hydrogens is 206 g/mol. The zero-order chi connectivity index (χ0) is 11.4. The van der Waals surface area contributed by atoms with Gasteiger partial charge in [-0.15, -0.1) is 0 Å². The molecule has 2 rings (SSSR count). The van der Waals surface area contributed by atoms with Gasteiger partial charge in [0.15, 0.2) is 11.5 Å². The summed E-state index contributed by atoms with van der Waals surface area (Å²) in [7, 11) is 1.56. The van der Waals surface area contributed by atoms with Crippen LogP contribution in [0.5, 0.6) is 17.4 Å². The molecule has 0 radical (unpaired) electrons. The van der Waals surface area contributed by atoms with Gasteiger partial charge in [0.2, 0.25) is 5.88 Å². The van der Waals surface area contributed by atoms with Gasteiger partial charge in [0.25, 0.3) is 0 Å². The molecule has 16 heavy (non-hydrogen) atoms. The Labute approximate surface area is 92.9 Å². The fourth-order valence-electron chi connectivity index (χ4n) is 1.22. The maximum atomic E-state index is 5.66. The van der Waals surface area contributed by atoms with Crippen LogP contribution in [0.4, 0.5) is 5.69 Å². The van der Waals surface area contributed by atoms with Gasteiger partial charge in [-0.2, -0.15) is 0 Å². The molecule has 0 unspecified atom stereocenters. The van der Waals surface area contributed by atoms with Crippen LogP contribution in [0, 0.1) is 0 Å². The summed E-state index contributed by atoms with van der Waals surface area (Å²) in [6, 6.07) is 5.15. The van der Waals surface area contributed by atoms with E-state index in [-0.39, 0.29) is 0 Å². The van der Waals surface area contributed by atoms with Gasteiger partial charge in [0.05, 0.1) is 13.3 Å². The zero-order valence-corrected chi connectivity index (χ0v) is 8.75. The van der Waals surface area contributed by atoms with E-state index in [1.165, 1.54) is 6.20 Å². The van der Waals surface area contributed by atoms with E-state index >= 15 is 0 Å². The Morgan fingerprint density at radius 2 is 2.06 bits per heavy atom. The molecular formula is C11H11N3O2. The highest BCUT2D eigenvalue weighted by Gasteiger charge is 2.06. The summed E-state index contributed by atoms with van der Waals surface area (Å²) in [5.41, 5.74) is 6.26. The van der Waals surface area contributed by atoms with Crippen LogP contribution in [0.25, 0.3) is 0 Å². The van der Waals surface area contributed by atoms with E-state index in [4.69, 9.17) is 15.2 Å². The Morgan fingerprint density at radius 1 is 1.19 bits per heavy atom. The summed E-state index contributed by atoms with van der Waals surface area (Å²) in [4.78, 5) is 7.90. The van der Waals surface area contributed by atoms with Crippen LogP contribution in [-0.4, -0.2) is 17.1 Å². The number of hydrogen-bond acceptors (Lipinski definition) is 5. The lowest BCUT2D eigenvalue weighted by molar-refractivity contribution is 0.373. The third kappa shape index (κ3) is 2.20. The molecule has 1 aromatic carbocycles. The van der Waals surface area contributed by atoms with E-state index in [0.29, 0.717) is 23.1 Å². The summed E-state index contributed by atoms with van der Waals surface area (Å²) in [6.45, 7) is 0. The topological polar surface area (TPSA) is 70.3 Å². The molecule has 82 valence electrons. The van der Waals surface area contributed by atoms with E-state index in [9.17, 15) is 0 Å². The van der Waals surface area contributed by atoms with Gasteiger partial charge in [0.1, 0.15) is 0 Å². The number of anilines is 1. The Bertz CT molecular complexity index is 474. The van der Waals surface area contributed by atoms with Crippen LogP contribution in [-0.2, 0) is 0 Å². The van der Waals surface area contributed by atoms with Crippen LogP contribution in [0.1, 0.15) is 0 Å². The highest BCUT2D eigenvalue weighted by Crippen LogP contribution is 2.31. The molecule has 5 nitrogen and oxygen atoms in total. The fourth-order valence-corrected chi connectivity index (χ4v) is 1.22. The fraction of sp³-hybridized carbons (Fsp3) is 0.0909. The largest absolute Gasteiger partial charge is 0.493 e. The lowest BCUT2D eigenvalue weighted by Gasteiger charge is -2.09. The minimum atomic E-state index is 0.395. The third-order valence-corrected chi connectivity index (χ3v) is 1.94. The highest BCUT2D eigenvalue weighted by molar-refractivity contribution is 5.52. The predicted molar refractivity (Wildman–Crippen MR) is 59.5 cm³/mol. The number of benzene rings is 1. The number of nitrogens with two attached hydrogens (primary N) is 1. The molecule has 0 fully saturated rings. The van der Waals surface area contributed by atoms with E-state index in [0.717, 1.165) is 0 Å². The minimum absolute atomic E-state index is 0.395. The second-order valence-corrected chi connectivity index (χ2v) is 3.06. The van der Waals surface area contributed by atoms with Crippen LogP contribution < -0.4 is 15.2 Å². The summed E-state index contributed by atoms with van der Waals surface area (Å²) < 4.78 is 10.6. The second-order valence-electron chi connectivity index (χ2n) is 3.06. The number of nitrogen functional groups attached to an aromatic ring is 1. The number of nitrogens with zero attached hydrogens (tertiary/aromatic N) is 2. The van der Waals surface area contributed by atoms with Crippen molar-refractivity contribution in [3.8, 4) is 17.4 Å². The van der Waals surface area contributed by atoms with Gasteiger partial charge in [0, 0.05) is 24.1 Å². The molecule has 1 aromatic heterocycles. The van der Waals surface area contributed by atoms with Crippen molar-refractivity contribution in [1.82, 2.24) is 9.97 Å². The maximum absolute atomic E-state index is 5.66. The molecule has 1 heterocycles. The lowest BCUT2D eigenvalue weighted by Crippen LogP contribution is -1.94. The molecule has 0 aliphatic heterocycles. The SMILES string of the molecule is COc1ccc(N)cc1Oc1cnccn1. The normalized spacial score (nSPS) is 9.81. The Morgan fingerprint density at radius 3 is 2.75 bits per heavy atom. The Balaban J connectivity index is 2.30. The molecule has 0 amide bonds. The maximum Gasteiger partial charge on any atom is 0.238 e. The summed E-state index contributed by atoms with van der Waals surface area (Å²) in [5, 5.41) is 0. The van der Waals surface area contributed by atoms with E-state index in [1.807, 2.05) is 0 Å². The molecule has 2 N–H and O–H groups in total. The summed E-state index contributed by atoms with van der Waals surface area (Å²) in [5.74, 6) is 1.51. The van der Waals surface area contributed by atoms with Gasteiger partial charge < -0.3 is 15.2 Å². The third-order valence-electron chi connectivity index (χ3n) is 1.94. The van der Waals surface area contributed by atoms with Crippen molar-refractivity contribution in [2.75, 3.05) is 12.8 Å². The highest BCUT2D eigenvalue weighted by atomic mass is 16.5. The van der Waals surface area contributed by atoms with Gasteiger partial charge in [-0.3, -0.25) is 4.98 Å². The Kier molecular flexibility index (Phi) is 2.86. The lowest BCUT2D eigenvalue weighted by atomic mass is 10.3. The summed E-state index contributed by atoms with van der Waals surface area (Å²) in [6.07, 6.45) is 4.64. The molecule has 0 spiro atoms. The van der Waals surface area contributed by atoms with Crippen LogP contribution in [0.2, 0.25) is 0 Å². The molecule has 0 saturated heterocycles. The van der Waals surface area contributed by atoms with E-state index < -0.39 is 0 Å². The number of methoxy groups -OCH3 is 1. The molecule has 0 atom stereocenters. The predicted octanol–water partition coefficient (Wildman–Crippen LogP) is 1.86. The van der Waals surface area contributed by atoms with Gasteiger partial charge >= 0.3 is 0 Å². The first-order valence-corrected chi connectivity index (χ1v) is 4.67. The molecule has 0 bridgehead atoms. The quantitative estimate of drug-likeness (QED) is 0.794. The number of aromatic nitrogens is 2. The van der Waals surface area contributed by atoms with Gasteiger partial charge in [-0.25, -0.2) is 4.98 Å². The molecule has 0 saturated carbocycles. The second kappa shape index (κ2) is 4.48. The molecule has 0 aliphatic rings. The smallest absolute Gasteiger partial charge is 0.238 e. The van der Waals surface area contributed by atoms with Crippen molar-refractivity contribution >= 4 is 5.69 Å². The first kappa shape index (κ1) is 10.2. The van der Waals surface area contributed by atoms with E-state index in [1.54, 1.807) is 37.7 Å². The average molecular weight is 217 g/mol. The molecule has 2 aromatic rings. The molecule has 5 heteroatoms. The Hall–Kier alpha value is -2.30. The first-order valence-electron chi connectivity index (χ1n) is 4.67. The first-order chi connectivity index (χ1) is 7.79. The van der Waals surface area contributed by atoms with Crippen molar-refractivity contribution in [2.45, 2.75) is 0 Å². The van der Waals surface area contributed by atoms with Gasteiger partial charge in [-0.05, 0) is 12.1 Å². The number of rotatable bonds is 3. The van der Waals surface area contributed by atoms with Gasteiger partial charge in [-0.1, -0.05) is 0 Å². The monoisotopic (exact) mass is 217 g/mol. The van der Waals surface area contributed by atoms with Crippen molar-refractivity contribution in [1.29, 1.82) is 0 Å². The number of ether oxygens (including phenoxy) is 2. The summed E-state index contributed by atoms with van der Waals surface area (Å²) >= 11 is 0. The average Bonchev–Trinajstić information content (AvgIpc) is 2.31. The van der Waals surface area contributed by atoms with Crippen molar-refractivity contribution in [3.05, 3.63) is 36.8 Å². The number of hydrogen-bond donors (Lipinski definition) is 1. The molecule has 0 aliphatic carbocycles. The van der Waals surface area contributed by atoms with Crippen LogP contribution >= 0.6 is 0 Å². The van der Waals surface area contributed by atoms with Crippen molar-refractivity contribution in [3.63, 3.8) is 0 Å². The van der Waals surface area contributed by atoms with Crippen molar-refractivity contribution < 1.29 is 9.47 Å².